The van der Waals surface area contributed by atoms with Crippen molar-refractivity contribution in [2.45, 2.75) is 26.3 Å². The Kier molecular flexibility index (Phi) is 6.16. The Morgan fingerprint density at radius 3 is 2.70 bits per heavy atom. The summed E-state index contributed by atoms with van der Waals surface area (Å²) in [6, 6.07) is 8.76. The molecule has 0 radical (unpaired) electrons. The van der Waals surface area contributed by atoms with E-state index in [4.69, 9.17) is 0 Å². The molecule has 0 unspecified atom stereocenters. The van der Waals surface area contributed by atoms with Gasteiger partial charge in [0.1, 0.15) is 11.4 Å². The van der Waals surface area contributed by atoms with Gasteiger partial charge in [-0.05, 0) is 38.0 Å². The Morgan fingerprint density at radius 2 is 2.00 bits per heavy atom. The number of hydrogen-bond donors (Lipinski definition) is 1. The summed E-state index contributed by atoms with van der Waals surface area (Å²) >= 11 is 0. The van der Waals surface area contributed by atoms with Crippen molar-refractivity contribution < 1.29 is 14.1 Å². The second kappa shape index (κ2) is 9.19. The Labute approximate surface area is 188 Å². The monoisotopic (exact) mass is 451 g/mol. The highest BCUT2D eigenvalue weighted by Gasteiger charge is 2.21. The number of hydrogen-bond acceptors (Lipinski definition) is 6. The number of hydrazone groups is 1. The molecule has 1 aliphatic heterocycles. The van der Waals surface area contributed by atoms with E-state index in [1.54, 1.807) is 16.7 Å². The highest BCUT2D eigenvalue weighted by atomic mass is 19.1. The maximum absolute atomic E-state index is 14.8. The number of amides is 1. The topological polar surface area (TPSA) is 110 Å². The summed E-state index contributed by atoms with van der Waals surface area (Å²) in [6.45, 7) is 3.84. The Balaban J connectivity index is 1.67. The average Bonchev–Trinajstić information content (AvgIpc) is 3.34. The number of para-hydroxylation sites is 1. The zero-order valence-corrected chi connectivity index (χ0v) is 18.0. The minimum Gasteiger partial charge on any atom is -0.369 e. The standard InChI is InChI=1S/C23H22FN5O4/c1-2-27-14-17(23(31)26-25-13-15-7-3-4-8-19(15)29(32)33)22(30)16-11-18(24)21(12-20(16)27)28-9-5-6-10-28/h3-4,7-8,11-14H,2,5-6,9-10H2,1H3,(H,26,31)/b25-13-. The molecule has 1 saturated heterocycles. The molecule has 0 spiro atoms. The first-order valence-electron chi connectivity index (χ1n) is 10.6. The minimum atomic E-state index is -0.789. The van der Waals surface area contributed by atoms with Crippen LogP contribution in [0.2, 0.25) is 0 Å². The molecule has 0 bridgehead atoms. The summed E-state index contributed by atoms with van der Waals surface area (Å²) in [6.07, 6.45) is 4.54. The predicted molar refractivity (Wildman–Crippen MR) is 123 cm³/mol. The summed E-state index contributed by atoms with van der Waals surface area (Å²) < 4.78 is 16.6. The molecule has 2 heterocycles. The summed E-state index contributed by atoms with van der Waals surface area (Å²) in [5, 5.41) is 15.0. The van der Waals surface area contributed by atoms with E-state index < -0.39 is 22.1 Å². The fourth-order valence-corrected chi connectivity index (χ4v) is 4.01. The molecule has 1 aliphatic rings. The average molecular weight is 451 g/mol. The van der Waals surface area contributed by atoms with Gasteiger partial charge in [-0.2, -0.15) is 5.10 Å². The Hall–Kier alpha value is -4.08. The lowest BCUT2D eigenvalue weighted by Gasteiger charge is -2.20. The summed E-state index contributed by atoms with van der Waals surface area (Å²) in [5.74, 6) is -1.29. The Morgan fingerprint density at radius 1 is 1.27 bits per heavy atom. The lowest BCUT2D eigenvalue weighted by molar-refractivity contribution is -0.385. The van der Waals surface area contributed by atoms with Crippen molar-refractivity contribution in [1.29, 1.82) is 0 Å². The highest BCUT2D eigenvalue weighted by Crippen LogP contribution is 2.28. The van der Waals surface area contributed by atoms with Crippen LogP contribution in [0.15, 0.2) is 52.5 Å². The SMILES string of the molecule is CCn1cc(C(=O)N/N=C\c2ccccc2[N+](=O)[O-])c(=O)c2cc(F)c(N3CCCC3)cc21. The Bertz CT molecular complexity index is 1330. The van der Waals surface area contributed by atoms with E-state index in [1.165, 1.54) is 30.5 Å². The van der Waals surface area contributed by atoms with E-state index in [0.29, 0.717) is 17.7 Å². The molecule has 0 aliphatic carbocycles. The number of aromatic nitrogens is 1. The van der Waals surface area contributed by atoms with Gasteiger partial charge < -0.3 is 9.47 Å². The molecular weight excluding hydrogens is 429 g/mol. The number of anilines is 1. The van der Waals surface area contributed by atoms with Crippen LogP contribution in [0.25, 0.3) is 10.9 Å². The van der Waals surface area contributed by atoms with Crippen LogP contribution >= 0.6 is 0 Å². The van der Waals surface area contributed by atoms with Crippen LogP contribution in [0.4, 0.5) is 15.8 Å². The number of carbonyl (C=O) groups excluding carboxylic acids is 1. The van der Waals surface area contributed by atoms with Crippen molar-refractivity contribution in [3.05, 3.63) is 79.9 Å². The van der Waals surface area contributed by atoms with Crippen LogP contribution in [0.3, 0.4) is 0 Å². The van der Waals surface area contributed by atoms with Gasteiger partial charge in [0.05, 0.1) is 27.9 Å². The molecule has 1 amide bonds. The fourth-order valence-electron chi connectivity index (χ4n) is 4.01. The van der Waals surface area contributed by atoms with Crippen molar-refractivity contribution >= 4 is 34.4 Å². The van der Waals surface area contributed by atoms with E-state index in [0.717, 1.165) is 32.1 Å². The van der Waals surface area contributed by atoms with E-state index in [1.807, 2.05) is 11.8 Å². The van der Waals surface area contributed by atoms with Gasteiger partial charge in [-0.1, -0.05) is 12.1 Å². The molecule has 2 aromatic carbocycles. The molecule has 3 aromatic rings. The van der Waals surface area contributed by atoms with Crippen molar-refractivity contribution in [1.82, 2.24) is 9.99 Å². The molecule has 1 N–H and O–H groups in total. The molecule has 170 valence electrons. The number of benzene rings is 2. The van der Waals surface area contributed by atoms with E-state index >= 15 is 0 Å². The van der Waals surface area contributed by atoms with Crippen LogP contribution < -0.4 is 15.8 Å². The predicted octanol–water partition coefficient (Wildman–Crippen LogP) is 3.43. The number of rotatable bonds is 6. The summed E-state index contributed by atoms with van der Waals surface area (Å²) in [5.41, 5.74) is 2.45. The number of nitrogens with zero attached hydrogens (tertiary/aromatic N) is 4. The van der Waals surface area contributed by atoms with Gasteiger partial charge in [-0.15, -0.1) is 0 Å². The number of carbonyl (C=O) groups is 1. The van der Waals surface area contributed by atoms with Crippen LogP contribution in [-0.2, 0) is 6.54 Å². The zero-order valence-electron chi connectivity index (χ0n) is 18.0. The number of nitrogens with one attached hydrogen (secondary N) is 1. The first-order valence-corrected chi connectivity index (χ1v) is 10.6. The van der Waals surface area contributed by atoms with Gasteiger partial charge >= 0.3 is 0 Å². The number of nitro benzene ring substituents is 1. The third-order valence-corrected chi connectivity index (χ3v) is 5.68. The molecule has 10 heteroatoms. The van der Waals surface area contributed by atoms with E-state index in [9.17, 15) is 24.1 Å². The van der Waals surface area contributed by atoms with Gasteiger partial charge in [0.25, 0.3) is 11.6 Å². The second-order valence-electron chi connectivity index (χ2n) is 7.69. The van der Waals surface area contributed by atoms with Gasteiger partial charge in [0.15, 0.2) is 0 Å². The van der Waals surface area contributed by atoms with E-state index in [2.05, 4.69) is 10.5 Å². The van der Waals surface area contributed by atoms with Gasteiger partial charge in [-0.25, -0.2) is 9.82 Å². The third kappa shape index (κ3) is 4.32. The van der Waals surface area contributed by atoms with Crippen molar-refractivity contribution in [2.75, 3.05) is 18.0 Å². The second-order valence-corrected chi connectivity index (χ2v) is 7.69. The smallest absolute Gasteiger partial charge is 0.278 e. The lowest BCUT2D eigenvalue weighted by Crippen LogP contribution is -2.27. The third-order valence-electron chi connectivity index (χ3n) is 5.68. The molecule has 0 atom stereocenters. The van der Waals surface area contributed by atoms with Crippen LogP contribution in [0.1, 0.15) is 35.7 Å². The highest BCUT2D eigenvalue weighted by molar-refractivity contribution is 5.98. The maximum Gasteiger partial charge on any atom is 0.278 e. The first kappa shape index (κ1) is 22.1. The first-order chi connectivity index (χ1) is 15.9. The van der Waals surface area contributed by atoms with E-state index in [-0.39, 0.29) is 22.2 Å². The molecule has 33 heavy (non-hydrogen) atoms. The number of halogens is 1. The van der Waals surface area contributed by atoms with Gasteiger partial charge in [-0.3, -0.25) is 19.7 Å². The molecule has 9 nitrogen and oxygen atoms in total. The van der Waals surface area contributed by atoms with Crippen LogP contribution in [-0.4, -0.2) is 34.7 Å². The molecular formula is C23H22FN5O4. The zero-order chi connectivity index (χ0) is 23.5. The lowest BCUT2D eigenvalue weighted by atomic mass is 10.1. The minimum absolute atomic E-state index is 0.104. The van der Waals surface area contributed by atoms with Crippen LogP contribution in [0.5, 0.6) is 0 Å². The van der Waals surface area contributed by atoms with Gasteiger partial charge in [0.2, 0.25) is 5.43 Å². The maximum atomic E-state index is 14.8. The van der Waals surface area contributed by atoms with Crippen molar-refractivity contribution in [3.8, 4) is 0 Å². The number of nitro groups is 1. The molecule has 0 saturated carbocycles. The van der Waals surface area contributed by atoms with Crippen molar-refractivity contribution in [2.24, 2.45) is 5.10 Å². The van der Waals surface area contributed by atoms with Crippen LogP contribution in [0, 0.1) is 15.9 Å². The molecule has 1 fully saturated rings. The normalized spacial score (nSPS) is 13.7. The largest absolute Gasteiger partial charge is 0.369 e. The quantitative estimate of drug-likeness (QED) is 0.351. The summed E-state index contributed by atoms with van der Waals surface area (Å²) in [4.78, 5) is 38.2. The molecule has 1 aromatic heterocycles. The number of aryl methyl sites for hydroxylation is 1. The summed E-state index contributed by atoms with van der Waals surface area (Å²) in [7, 11) is 0. The number of fused-ring (bicyclic) bond motifs is 1. The van der Waals surface area contributed by atoms with Gasteiger partial charge in [0, 0.05) is 37.3 Å². The number of pyridine rings is 1. The van der Waals surface area contributed by atoms with Crippen molar-refractivity contribution in [3.63, 3.8) is 0 Å². The molecule has 4 rings (SSSR count). The fraction of sp³-hybridized carbons (Fsp3) is 0.261.